The van der Waals surface area contributed by atoms with Crippen molar-refractivity contribution in [1.29, 1.82) is 0 Å². The van der Waals surface area contributed by atoms with Gasteiger partial charge in [-0.2, -0.15) is 10.2 Å². The predicted molar refractivity (Wildman–Crippen MR) is 126 cm³/mol. The van der Waals surface area contributed by atoms with Gasteiger partial charge in [-0.05, 0) is 37.8 Å². The number of nitrogens with zero attached hydrogens (tertiary/aromatic N) is 5. The number of carbonyl (C=O) groups excluding carboxylic acids is 2. The second-order valence-electron chi connectivity index (χ2n) is 8.34. The van der Waals surface area contributed by atoms with Crippen LogP contribution >= 0.6 is 11.3 Å². The molecule has 0 atom stereocenters. The highest BCUT2D eigenvalue weighted by molar-refractivity contribution is 7.17. The quantitative estimate of drug-likeness (QED) is 0.401. The van der Waals surface area contributed by atoms with Crippen molar-refractivity contribution >= 4 is 39.2 Å². The summed E-state index contributed by atoms with van der Waals surface area (Å²) in [5.74, 6) is -0.948. The number of methoxy groups -OCH3 is 1. The van der Waals surface area contributed by atoms with E-state index in [0.717, 1.165) is 29.7 Å². The van der Waals surface area contributed by atoms with Crippen LogP contribution in [0.3, 0.4) is 0 Å². The maximum atomic E-state index is 14.0. The van der Waals surface area contributed by atoms with Gasteiger partial charge in [0.25, 0.3) is 6.43 Å². The zero-order valence-corrected chi connectivity index (χ0v) is 20.1. The third-order valence-corrected chi connectivity index (χ3v) is 7.21. The Hall–Kier alpha value is -3.67. The zero-order valence-electron chi connectivity index (χ0n) is 19.3. The number of anilines is 1. The molecule has 0 bridgehead atoms. The van der Waals surface area contributed by atoms with Crippen molar-refractivity contribution in [2.24, 2.45) is 7.05 Å². The van der Waals surface area contributed by atoms with Crippen molar-refractivity contribution in [3.8, 4) is 11.3 Å². The summed E-state index contributed by atoms with van der Waals surface area (Å²) in [6.07, 6.45) is 3.02. The van der Waals surface area contributed by atoms with Gasteiger partial charge in [-0.3, -0.25) is 9.48 Å². The number of esters is 1. The van der Waals surface area contributed by atoms with Gasteiger partial charge in [0.1, 0.15) is 11.5 Å². The lowest BCUT2D eigenvalue weighted by atomic mass is 10.1. The molecule has 0 fully saturated rings. The third kappa shape index (κ3) is 4.07. The molecule has 182 valence electrons. The lowest BCUT2D eigenvalue weighted by Gasteiger charge is -2.09. The lowest BCUT2D eigenvalue weighted by Crippen LogP contribution is -2.21. The van der Waals surface area contributed by atoms with Crippen LogP contribution in [0.2, 0.25) is 0 Å². The van der Waals surface area contributed by atoms with E-state index in [1.165, 1.54) is 35.4 Å². The van der Waals surface area contributed by atoms with Crippen LogP contribution in [-0.4, -0.2) is 43.5 Å². The summed E-state index contributed by atoms with van der Waals surface area (Å²) in [4.78, 5) is 31.0. The van der Waals surface area contributed by atoms with Gasteiger partial charge < -0.3 is 10.1 Å². The van der Waals surface area contributed by atoms with E-state index in [1.807, 2.05) is 0 Å². The highest BCUT2D eigenvalue weighted by Crippen LogP contribution is 2.39. The summed E-state index contributed by atoms with van der Waals surface area (Å²) in [7, 11) is 3.02. The molecule has 9 nitrogen and oxygen atoms in total. The van der Waals surface area contributed by atoms with Crippen molar-refractivity contribution in [2.75, 3.05) is 12.4 Å². The van der Waals surface area contributed by atoms with Crippen LogP contribution in [0.1, 0.15) is 44.9 Å². The van der Waals surface area contributed by atoms with Crippen LogP contribution in [0.25, 0.3) is 22.3 Å². The van der Waals surface area contributed by atoms with E-state index in [9.17, 15) is 18.4 Å². The highest BCUT2D eigenvalue weighted by Gasteiger charge is 2.28. The number of rotatable bonds is 6. The SMILES string of the molecule is COC(=O)c1c(NC(=O)Cn2nc(C)c3c(C(F)F)cc(-c4cnn(C)c4)nc32)sc2c1CCC2. The second kappa shape index (κ2) is 8.84. The van der Waals surface area contributed by atoms with Gasteiger partial charge in [0.15, 0.2) is 5.65 Å². The fourth-order valence-corrected chi connectivity index (χ4v) is 5.78. The first-order chi connectivity index (χ1) is 16.8. The number of amides is 1. The van der Waals surface area contributed by atoms with Crippen LogP contribution in [0.4, 0.5) is 13.8 Å². The Kier molecular flexibility index (Phi) is 5.83. The summed E-state index contributed by atoms with van der Waals surface area (Å²) in [5, 5.41) is 11.9. The van der Waals surface area contributed by atoms with Crippen molar-refractivity contribution < 1.29 is 23.1 Å². The molecule has 4 heterocycles. The molecule has 12 heteroatoms. The third-order valence-electron chi connectivity index (χ3n) is 6.00. The Labute approximate surface area is 202 Å². The average molecular weight is 501 g/mol. The molecular formula is C23H22F2N6O3S. The largest absolute Gasteiger partial charge is 0.465 e. The van der Waals surface area contributed by atoms with Crippen molar-refractivity contribution in [3.63, 3.8) is 0 Å². The number of ether oxygens (including phenoxy) is 1. The molecule has 1 N–H and O–H groups in total. The molecule has 0 saturated carbocycles. The first kappa shape index (κ1) is 23.1. The minimum atomic E-state index is -2.75. The standard InChI is InChI=1S/C23H22F2N6O3S/c1-11-18-14(20(24)25)7-15(12-8-26-30(2)9-12)27-21(18)31(29-11)10-17(32)28-22-19(23(33)34-3)13-5-4-6-16(13)35-22/h7-9,20H,4-6,10H2,1-3H3,(H,28,32). The van der Waals surface area contributed by atoms with E-state index in [1.54, 1.807) is 24.9 Å². The number of halogens is 2. The molecule has 1 aliphatic carbocycles. The number of hydrogen-bond acceptors (Lipinski definition) is 7. The number of hydrogen-bond donors (Lipinski definition) is 1. The first-order valence-corrected chi connectivity index (χ1v) is 11.8. The number of nitrogens with one attached hydrogen (secondary N) is 1. The lowest BCUT2D eigenvalue weighted by molar-refractivity contribution is -0.116. The van der Waals surface area contributed by atoms with Crippen LogP contribution in [-0.2, 0) is 36.0 Å². The number of aryl methyl sites for hydroxylation is 3. The molecule has 0 saturated heterocycles. The Bertz CT molecular complexity index is 1470. The molecule has 4 aromatic heterocycles. The van der Waals surface area contributed by atoms with Gasteiger partial charge in [0.05, 0.1) is 35.6 Å². The smallest absolute Gasteiger partial charge is 0.341 e. The van der Waals surface area contributed by atoms with Crippen LogP contribution in [0.5, 0.6) is 0 Å². The van der Waals surface area contributed by atoms with Crippen LogP contribution in [0.15, 0.2) is 18.5 Å². The molecule has 0 spiro atoms. The van der Waals surface area contributed by atoms with E-state index in [4.69, 9.17) is 4.74 Å². The molecule has 0 unspecified atom stereocenters. The van der Waals surface area contributed by atoms with Crippen molar-refractivity contribution in [2.45, 2.75) is 39.2 Å². The molecule has 5 rings (SSSR count). The number of carbonyl (C=O) groups is 2. The first-order valence-electron chi connectivity index (χ1n) is 10.9. The Morgan fingerprint density at radius 2 is 2.11 bits per heavy atom. The maximum absolute atomic E-state index is 14.0. The summed E-state index contributed by atoms with van der Waals surface area (Å²) < 4.78 is 35.7. The molecule has 1 aliphatic rings. The number of thiophene rings is 1. The van der Waals surface area contributed by atoms with Crippen LogP contribution < -0.4 is 5.32 Å². The van der Waals surface area contributed by atoms with E-state index in [-0.39, 0.29) is 23.1 Å². The van der Waals surface area contributed by atoms with Gasteiger partial charge in [0.2, 0.25) is 5.91 Å². The number of pyridine rings is 1. The Morgan fingerprint density at radius 3 is 2.80 bits per heavy atom. The monoisotopic (exact) mass is 500 g/mol. The average Bonchev–Trinajstić information content (AvgIpc) is 3.57. The molecule has 4 aromatic rings. The van der Waals surface area contributed by atoms with Crippen molar-refractivity contribution in [3.05, 3.63) is 45.7 Å². The number of fused-ring (bicyclic) bond motifs is 2. The predicted octanol–water partition coefficient (Wildman–Crippen LogP) is 4.05. The maximum Gasteiger partial charge on any atom is 0.341 e. The number of aromatic nitrogens is 5. The fraction of sp³-hybridized carbons (Fsp3) is 0.348. The second-order valence-corrected chi connectivity index (χ2v) is 9.45. The molecular weight excluding hydrogens is 478 g/mol. The summed E-state index contributed by atoms with van der Waals surface area (Å²) in [6.45, 7) is 1.34. The topological polar surface area (TPSA) is 104 Å². The molecule has 0 radical (unpaired) electrons. The van der Waals surface area contributed by atoms with Gasteiger partial charge in [-0.15, -0.1) is 11.3 Å². The van der Waals surface area contributed by atoms with Gasteiger partial charge in [-0.25, -0.2) is 23.2 Å². The molecule has 35 heavy (non-hydrogen) atoms. The summed E-state index contributed by atoms with van der Waals surface area (Å²) in [6, 6.07) is 1.33. The number of alkyl halides is 2. The summed E-state index contributed by atoms with van der Waals surface area (Å²) >= 11 is 1.36. The van der Waals surface area contributed by atoms with Gasteiger partial charge >= 0.3 is 5.97 Å². The van der Waals surface area contributed by atoms with E-state index in [2.05, 4.69) is 20.5 Å². The highest BCUT2D eigenvalue weighted by atomic mass is 32.1. The fourth-order valence-electron chi connectivity index (χ4n) is 4.48. The minimum absolute atomic E-state index is 0.177. The van der Waals surface area contributed by atoms with E-state index in [0.29, 0.717) is 27.5 Å². The summed E-state index contributed by atoms with van der Waals surface area (Å²) in [5.41, 5.74) is 2.50. The molecule has 1 amide bonds. The van der Waals surface area contributed by atoms with E-state index >= 15 is 0 Å². The van der Waals surface area contributed by atoms with Crippen molar-refractivity contribution in [1.82, 2.24) is 24.5 Å². The van der Waals surface area contributed by atoms with E-state index < -0.39 is 18.3 Å². The normalized spacial score (nSPS) is 13.0. The van der Waals surface area contributed by atoms with Gasteiger partial charge in [0, 0.05) is 29.2 Å². The molecule has 0 aromatic carbocycles. The minimum Gasteiger partial charge on any atom is -0.465 e. The Morgan fingerprint density at radius 1 is 1.31 bits per heavy atom. The molecule has 0 aliphatic heterocycles. The van der Waals surface area contributed by atoms with Gasteiger partial charge in [-0.1, -0.05) is 0 Å². The Balaban J connectivity index is 1.51. The zero-order chi connectivity index (χ0) is 24.9. The van der Waals surface area contributed by atoms with Crippen LogP contribution in [0, 0.1) is 6.92 Å².